The van der Waals surface area contributed by atoms with E-state index in [-0.39, 0.29) is 5.72 Å². The van der Waals surface area contributed by atoms with Crippen LogP contribution in [0.2, 0.25) is 0 Å². The molecule has 22 heavy (non-hydrogen) atoms. The van der Waals surface area contributed by atoms with E-state index in [2.05, 4.69) is 51.6 Å². The summed E-state index contributed by atoms with van der Waals surface area (Å²) in [5.74, 6) is 1.57. The minimum Gasteiger partial charge on any atom is -0.363 e. The minimum absolute atomic E-state index is 0.241. The van der Waals surface area contributed by atoms with Gasteiger partial charge in [-0.2, -0.15) is 0 Å². The van der Waals surface area contributed by atoms with Gasteiger partial charge in [-0.1, -0.05) is 5.16 Å². The highest BCUT2D eigenvalue weighted by atomic mass is 32.1. The highest BCUT2D eigenvalue weighted by Gasteiger charge is 2.55. The number of thiophene rings is 1. The number of nitrogens with zero attached hydrogens (tertiary/aromatic N) is 3. The molecule has 0 amide bonds. The first kappa shape index (κ1) is 12.9. The lowest BCUT2D eigenvalue weighted by Crippen LogP contribution is -2.65. The first-order valence-corrected chi connectivity index (χ1v) is 8.84. The Morgan fingerprint density at radius 3 is 2.91 bits per heavy atom. The van der Waals surface area contributed by atoms with Crippen molar-refractivity contribution in [2.75, 3.05) is 26.7 Å². The molecule has 2 bridgehead atoms. The number of benzene rings is 1. The largest absolute Gasteiger partial charge is 0.363 e. The van der Waals surface area contributed by atoms with Gasteiger partial charge in [0.15, 0.2) is 5.84 Å². The number of oxime groups is 1. The summed E-state index contributed by atoms with van der Waals surface area (Å²) in [6, 6.07) is 8.75. The van der Waals surface area contributed by atoms with Crippen LogP contribution in [-0.4, -0.2) is 48.0 Å². The van der Waals surface area contributed by atoms with Crippen LogP contribution in [0.1, 0.15) is 18.4 Å². The van der Waals surface area contributed by atoms with Crippen LogP contribution in [0.4, 0.5) is 0 Å². The number of fused-ring (bicyclic) bond motifs is 3. The van der Waals surface area contributed by atoms with E-state index in [0.29, 0.717) is 5.92 Å². The Labute approximate surface area is 134 Å². The zero-order valence-corrected chi connectivity index (χ0v) is 13.5. The number of rotatable bonds is 1. The molecular formula is C17H19N3OS. The Morgan fingerprint density at radius 2 is 2.14 bits per heavy atom. The van der Waals surface area contributed by atoms with Crippen LogP contribution >= 0.6 is 11.3 Å². The molecule has 5 heterocycles. The van der Waals surface area contributed by atoms with Crippen LogP contribution in [0.15, 0.2) is 34.8 Å². The Balaban J connectivity index is 1.51. The van der Waals surface area contributed by atoms with Crippen molar-refractivity contribution in [3.05, 3.63) is 35.2 Å². The number of piperidine rings is 3. The second-order valence-corrected chi connectivity index (χ2v) is 7.58. The third kappa shape index (κ3) is 1.64. The minimum atomic E-state index is -0.241. The zero-order chi connectivity index (χ0) is 14.7. The van der Waals surface area contributed by atoms with E-state index < -0.39 is 0 Å². The predicted octanol–water partition coefficient (Wildman–Crippen LogP) is 2.95. The van der Waals surface area contributed by atoms with Crippen molar-refractivity contribution >= 4 is 27.3 Å². The normalized spacial score (nSPS) is 33.5. The molecule has 6 rings (SSSR count). The molecule has 0 radical (unpaired) electrons. The van der Waals surface area contributed by atoms with Gasteiger partial charge in [-0.05, 0) is 61.0 Å². The Morgan fingerprint density at radius 1 is 1.27 bits per heavy atom. The van der Waals surface area contributed by atoms with Crippen molar-refractivity contribution in [3.8, 4) is 0 Å². The van der Waals surface area contributed by atoms with Crippen LogP contribution in [0.5, 0.6) is 0 Å². The summed E-state index contributed by atoms with van der Waals surface area (Å²) < 4.78 is 1.32. The van der Waals surface area contributed by atoms with E-state index >= 15 is 0 Å². The third-order valence-electron chi connectivity index (χ3n) is 5.56. The van der Waals surface area contributed by atoms with Gasteiger partial charge in [0, 0.05) is 23.2 Å². The summed E-state index contributed by atoms with van der Waals surface area (Å²) in [6.45, 7) is 3.39. The summed E-state index contributed by atoms with van der Waals surface area (Å²) in [6.07, 6.45) is 2.44. The van der Waals surface area contributed by atoms with Crippen molar-refractivity contribution in [2.45, 2.75) is 18.6 Å². The third-order valence-corrected chi connectivity index (χ3v) is 6.46. The molecule has 4 nitrogen and oxygen atoms in total. The predicted molar refractivity (Wildman–Crippen MR) is 89.1 cm³/mol. The molecule has 2 aromatic rings. The van der Waals surface area contributed by atoms with E-state index in [0.717, 1.165) is 17.9 Å². The highest BCUT2D eigenvalue weighted by molar-refractivity contribution is 7.17. The summed E-state index contributed by atoms with van der Waals surface area (Å²) in [7, 11) is 2.14. The van der Waals surface area contributed by atoms with Gasteiger partial charge in [0.25, 0.3) is 0 Å². The Hall–Kier alpha value is -1.59. The average Bonchev–Trinajstić information content (AvgIpc) is 3.14. The molecule has 3 saturated heterocycles. The van der Waals surface area contributed by atoms with Gasteiger partial charge in [-0.15, -0.1) is 11.3 Å². The number of hydrogen-bond donors (Lipinski definition) is 0. The highest BCUT2D eigenvalue weighted by Crippen LogP contribution is 2.43. The number of likely N-dealkylation sites (N-methyl/N-ethyl adjacent to an activating group) is 1. The first-order chi connectivity index (χ1) is 10.8. The van der Waals surface area contributed by atoms with E-state index in [9.17, 15) is 0 Å². The molecule has 5 heteroatoms. The molecule has 1 aromatic heterocycles. The monoisotopic (exact) mass is 313 g/mol. The van der Waals surface area contributed by atoms with Gasteiger partial charge < -0.3 is 9.74 Å². The number of amidine groups is 1. The molecule has 3 fully saturated rings. The van der Waals surface area contributed by atoms with E-state index in [1.165, 1.54) is 36.0 Å². The molecular weight excluding hydrogens is 294 g/mol. The summed E-state index contributed by atoms with van der Waals surface area (Å²) in [4.78, 5) is 10.9. The van der Waals surface area contributed by atoms with Crippen molar-refractivity contribution < 1.29 is 4.84 Å². The fraction of sp³-hybridized carbons (Fsp3) is 0.471. The van der Waals surface area contributed by atoms with Crippen molar-refractivity contribution in [3.63, 3.8) is 0 Å². The van der Waals surface area contributed by atoms with E-state index in [1.807, 2.05) is 0 Å². The first-order valence-electron chi connectivity index (χ1n) is 7.96. The van der Waals surface area contributed by atoms with Gasteiger partial charge in [0.2, 0.25) is 5.72 Å². The van der Waals surface area contributed by atoms with E-state index in [1.54, 1.807) is 11.3 Å². The van der Waals surface area contributed by atoms with Gasteiger partial charge in [0.1, 0.15) is 0 Å². The van der Waals surface area contributed by atoms with Crippen molar-refractivity contribution in [2.24, 2.45) is 11.1 Å². The van der Waals surface area contributed by atoms with Crippen LogP contribution in [0, 0.1) is 5.92 Å². The van der Waals surface area contributed by atoms with Gasteiger partial charge >= 0.3 is 0 Å². The number of hydrogen-bond acceptors (Lipinski definition) is 5. The van der Waals surface area contributed by atoms with Gasteiger partial charge in [0.05, 0.1) is 6.54 Å². The lowest BCUT2D eigenvalue weighted by Gasteiger charge is -2.52. The summed E-state index contributed by atoms with van der Waals surface area (Å²) >= 11 is 1.78. The molecule has 0 unspecified atom stereocenters. The molecule has 114 valence electrons. The molecule has 4 aliphatic heterocycles. The molecule has 0 N–H and O–H groups in total. The second kappa shape index (κ2) is 4.46. The van der Waals surface area contributed by atoms with Crippen LogP contribution < -0.4 is 0 Å². The topological polar surface area (TPSA) is 28.1 Å². The van der Waals surface area contributed by atoms with Crippen molar-refractivity contribution in [1.82, 2.24) is 9.80 Å². The Kier molecular flexibility index (Phi) is 2.62. The maximum Gasteiger partial charge on any atom is 0.226 e. The molecule has 0 aliphatic carbocycles. The maximum absolute atomic E-state index is 6.06. The van der Waals surface area contributed by atoms with Crippen LogP contribution in [0.3, 0.4) is 0 Å². The molecule has 1 atom stereocenters. The van der Waals surface area contributed by atoms with E-state index in [4.69, 9.17) is 4.84 Å². The lowest BCUT2D eigenvalue weighted by molar-refractivity contribution is -0.190. The zero-order valence-electron chi connectivity index (χ0n) is 12.7. The fourth-order valence-corrected chi connectivity index (χ4v) is 5.02. The van der Waals surface area contributed by atoms with Gasteiger partial charge in [-0.25, -0.2) is 0 Å². The van der Waals surface area contributed by atoms with Crippen LogP contribution in [0.25, 0.3) is 10.1 Å². The van der Waals surface area contributed by atoms with Crippen LogP contribution in [-0.2, 0) is 4.84 Å². The standard InChI is InChI=1S/C17H19N3OS/c1-19-16(13-2-3-15-12(10-13)6-9-22-15)18-21-17(19)11-20-7-4-14(17)5-8-20/h2-3,6,9-10,14H,4-5,7-8,11H2,1H3/t17-/m0/s1. The summed E-state index contributed by atoms with van der Waals surface area (Å²) in [5, 5.41) is 7.92. The smallest absolute Gasteiger partial charge is 0.226 e. The Bertz CT molecular complexity index is 762. The second-order valence-electron chi connectivity index (χ2n) is 6.63. The SMILES string of the molecule is CN1C(c2ccc3sccc3c2)=NO[C@]12CN1CCC2CC1. The maximum atomic E-state index is 6.06. The van der Waals surface area contributed by atoms with Gasteiger partial charge in [-0.3, -0.25) is 4.90 Å². The summed E-state index contributed by atoms with van der Waals surface area (Å²) in [5.41, 5.74) is 0.914. The van der Waals surface area contributed by atoms with Crippen molar-refractivity contribution in [1.29, 1.82) is 0 Å². The molecule has 1 spiro atoms. The fourth-order valence-electron chi connectivity index (χ4n) is 4.25. The lowest BCUT2D eigenvalue weighted by atomic mass is 9.80. The quantitative estimate of drug-likeness (QED) is 0.810. The molecule has 0 saturated carbocycles. The average molecular weight is 313 g/mol. The molecule has 4 aliphatic rings. The molecule has 1 aromatic carbocycles.